The average molecular weight is 453 g/mol. The molecule has 0 aromatic heterocycles. The summed E-state index contributed by atoms with van der Waals surface area (Å²) >= 11 is 0. The number of ether oxygens (including phenoxy) is 2. The van der Waals surface area contributed by atoms with Crippen LogP contribution < -0.4 is 19.5 Å². The second-order valence-corrected chi connectivity index (χ2v) is 8.01. The Hall–Kier alpha value is -3.32. The zero-order valence-corrected chi connectivity index (χ0v) is 19.7. The van der Waals surface area contributed by atoms with Gasteiger partial charge in [0, 0.05) is 24.1 Å². The van der Waals surface area contributed by atoms with Crippen LogP contribution >= 0.6 is 0 Å². The number of rotatable bonds is 10. The molecule has 33 heavy (non-hydrogen) atoms. The average Bonchev–Trinajstić information content (AvgIpc) is 3.10. The zero-order chi connectivity index (χ0) is 24.0. The van der Waals surface area contributed by atoms with Crippen molar-refractivity contribution in [3.05, 3.63) is 65.2 Å². The molecule has 1 amide bonds. The Morgan fingerprint density at radius 2 is 1.76 bits per heavy atom. The fraction of sp³-hybridized carbons (Fsp3) is 0.385. The molecule has 1 atom stereocenters. The van der Waals surface area contributed by atoms with Crippen molar-refractivity contribution in [1.29, 1.82) is 0 Å². The highest BCUT2D eigenvalue weighted by Gasteiger charge is 2.45. The van der Waals surface area contributed by atoms with Crippen LogP contribution in [-0.4, -0.2) is 57.0 Å². The molecule has 0 bridgehead atoms. The lowest BCUT2D eigenvalue weighted by Crippen LogP contribution is -3.11. The zero-order valence-electron chi connectivity index (χ0n) is 19.7. The lowest BCUT2D eigenvalue weighted by molar-refractivity contribution is -0.896. The first-order valence-corrected chi connectivity index (χ1v) is 11.3. The molecular formula is C26H32N2O5. The molecule has 1 aliphatic heterocycles. The number of Topliss-reactive ketones (excluding diaryl/α,β-unsaturated/α-hetero) is 1. The summed E-state index contributed by atoms with van der Waals surface area (Å²) in [6.45, 7) is 7.49. The number of hydrogen-bond donors (Lipinski definition) is 1. The SMILES string of the molecule is CC[NH+](CC)CCCN1C(=O)C(=O)/C(=C(/[O-])c2cccc(OC)c2)C1c1ccccc1OC. The smallest absolute Gasteiger partial charge is 0.295 e. The molecule has 7 nitrogen and oxygen atoms in total. The van der Waals surface area contributed by atoms with Crippen molar-refractivity contribution in [3.63, 3.8) is 0 Å². The summed E-state index contributed by atoms with van der Waals surface area (Å²) in [6, 6.07) is 13.0. The molecule has 0 aliphatic carbocycles. The van der Waals surface area contributed by atoms with Gasteiger partial charge < -0.3 is 24.4 Å². The normalized spacial score (nSPS) is 17.6. The van der Waals surface area contributed by atoms with E-state index in [-0.39, 0.29) is 5.57 Å². The van der Waals surface area contributed by atoms with E-state index < -0.39 is 23.5 Å². The maximum atomic E-state index is 13.5. The molecule has 3 rings (SSSR count). The van der Waals surface area contributed by atoms with Crippen LogP contribution in [0.2, 0.25) is 0 Å². The number of amides is 1. The topological polar surface area (TPSA) is 83.3 Å². The first kappa shape index (κ1) is 24.3. The number of benzene rings is 2. The van der Waals surface area contributed by atoms with Gasteiger partial charge in [-0.3, -0.25) is 9.59 Å². The van der Waals surface area contributed by atoms with Gasteiger partial charge in [-0.2, -0.15) is 0 Å². The van der Waals surface area contributed by atoms with E-state index in [1.165, 1.54) is 24.0 Å². The van der Waals surface area contributed by atoms with Crippen molar-refractivity contribution in [2.45, 2.75) is 26.3 Å². The number of nitrogens with one attached hydrogen (secondary N) is 1. The number of para-hydroxylation sites is 1. The number of nitrogens with zero attached hydrogens (tertiary/aromatic N) is 1. The predicted molar refractivity (Wildman–Crippen MR) is 124 cm³/mol. The number of carbonyl (C=O) groups is 2. The molecular weight excluding hydrogens is 420 g/mol. The van der Waals surface area contributed by atoms with Crippen molar-refractivity contribution >= 4 is 17.4 Å². The Morgan fingerprint density at radius 1 is 1.03 bits per heavy atom. The van der Waals surface area contributed by atoms with Crippen molar-refractivity contribution in [1.82, 2.24) is 4.90 Å². The predicted octanol–water partition coefficient (Wildman–Crippen LogP) is 1.24. The minimum atomic E-state index is -0.799. The maximum Gasteiger partial charge on any atom is 0.295 e. The first-order chi connectivity index (χ1) is 16.0. The molecule has 2 aromatic carbocycles. The van der Waals surface area contributed by atoms with E-state index in [1.54, 1.807) is 36.4 Å². The molecule has 1 unspecified atom stereocenters. The quantitative estimate of drug-likeness (QED) is 0.333. The van der Waals surface area contributed by atoms with Crippen molar-refractivity contribution in [2.75, 3.05) is 40.4 Å². The minimum Gasteiger partial charge on any atom is -0.872 e. The summed E-state index contributed by atoms with van der Waals surface area (Å²) in [4.78, 5) is 29.2. The van der Waals surface area contributed by atoms with Crippen LogP contribution in [0.4, 0.5) is 0 Å². The highest BCUT2D eigenvalue weighted by molar-refractivity contribution is 6.46. The van der Waals surface area contributed by atoms with Gasteiger partial charge in [0.15, 0.2) is 0 Å². The standard InChI is InChI=1S/C26H32N2O5/c1-5-27(6-2)15-10-16-28-23(20-13-7-8-14-21(20)33-4)22(25(30)26(28)31)24(29)18-11-9-12-19(17-18)32-3/h7-9,11-14,17,23,29H,5-6,10,15-16H2,1-4H3/b24-22+. The number of hydrogen-bond acceptors (Lipinski definition) is 5. The first-order valence-electron chi connectivity index (χ1n) is 11.3. The largest absolute Gasteiger partial charge is 0.872 e. The summed E-state index contributed by atoms with van der Waals surface area (Å²) in [5.74, 6) is -0.841. The monoisotopic (exact) mass is 452 g/mol. The lowest BCUT2D eigenvalue weighted by atomic mass is 9.94. The Morgan fingerprint density at radius 3 is 2.42 bits per heavy atom. The molecule has 0 saturated carbocycles. The van der Waals surface area contributed by atoms with E-state index in [0.717, 1.165) is 26.1 Å². The molecule has 1 fully saturated rings. The van der Waals surface area contributed by atoms with Gasteiger partial charge in [-0.05, 0) is 37.6 Å². The number of quaternary nitrogens is 1. The highest BCUT2D eigenvalue weighted by Crippen LogP contribution is 2.42. The molecule has 2 aromatic rings. The van der Waals surface area contributed by atoms with E-state index in [0.29, 0.717) is 29.2 Å². The van der Waals surface area contributed by atoms with Crippen LogP contribution in [-0.2, 0) is 9.59 Å². The van der Waals surface area contributed by atoms with Crippen LogP contribution in [0.1, 0.15) is 37.4 Å². The van der Waals surface area contributed by atoms with Gasteiger partial charge in [-0.1, -0.05) is 36.1 Å². The van der Waals surface area contributed by atoms with E-state index in [9.17, 15) is 14.7 Å². The van der Waals surface area contributed by atoms with E-state index in [4.69, 9.17) is 9.47 Å². The summed E-state index contributed by atoms with van der Waals surface area (Å²) in [7, 11) is 3.05. The fourth-order valence-corrected chi connectivity index (χ4v) is 4.34. The van der Waals surface area contributed by atoms with E-state index in [1.807, 2.05) is 12.1 Å². The second-order valence-electron chi connectivity index (χ2n) is 8.01. The Bertz CT molecular complexity index is 1030. The molecule has 7 heteroatoms. The van der Waals surface area contributed by atoms with Gasteiger partial charge in [-0.15, -0.1) is 0 Å². The summed E-state index contributed by atoms with van der Waals surface area (Å²) in [6.07, 6.45) is 0.725. The van der Waals surface area contributed by atoms with Gasteiger partial charge in [0.25, 0.3) is 5.91 Å². The van der Waals surface area contributed by atoms with E-state index >= 15 is 0 Å². The van der Waals surface area contributed by atoms with Gasteiger partial charge in [-0.25, -0.2) is 0 Å². The van der Waals surface area contributed by atoms with Crippen LogP contribution in [0.5, 0.6) is 11.5 Å². The molecule has 1 heterocycles. The fourth-order valence-electron chi connectivity index (χ4n) is 4.34. The number of methoxy groups -OCH3 is 2. The van der Waals surface area contributed by atoms with E-state index in [2.05, 4.69) is 13.8 Å². The Labute approximate surface area is 195 Å². The van der Waals surface area contributed by atoms with Gasteiger partial charge >= 0.3 is 0 Å². The van der Waals surface area contributed by atoms with Crippen molar-refractivity contribution in [2.24, 2.45) is 0 Å². The van der Waals surface area contributed by atoms with Crippen molar-refractivity contribution in [3.8, 4) is 11.5 Å². The van der Waals surface area contributed by atoms with Gasteiger partial charge in [0.2, 0.25) is 5.78 Å². The molecule has 1 aliphatic rings. The van der Waals surface area contributed by atoms with Crippen molar-refractivity contribution < 1.29 is 29.1 Å². The minimum absolute atomic E-state index is 0.0482. The third kappa shape index (κ3) is 5.03. The Balaban J connectivity index is 2.09. The molecule has 176 valence electrons. The molecule has 0 radical (unpaired) electrons. The second kappa shape index (κ2) is 11.0. The summed E-state index contributed by atoms with van der Waals surface area (Å²) < 4.78 is 10.8. The molecule has 0 spiro atoms. The van der Waals surface area contributed by atoms with Crippen LogP contribution in [0.15, 0.2) is 54.1 Å². The third-order valence-corrected chi connectivity index (χ3v) is 6.22. The van der Waals surface area contributed by atoms with Crippen LogP contribution in [0, 0.1) is 0 Å². The Kier molecular flexibility index (Phi) is 8.11. The van der Waals surface area contributed by atoms with Crippen LogP contribution in [0.3, 0.4) is 0 Å². The molecule has 1 N–H and O–H groups in total. The van der Waals surface area contributed by atoms with Crippen LogP contribution in [0.25, 0.3) is 5.76 Å². The highest BCUT2D eigenvalue weighted by atomic mass is 16.5. The third-order valence-electron chi connectivity index (χ3n) is 6.22. The summed E-state index contributed by atoms with van der Waals surface area (Å²) in [5, 5.41) is 13.5. The maximum absolute atomic E-state index is 13.5. The number of ketones is 1. The summed E-state index contributed by atoms with van der Waals surface area (Å²) in [5.41, 5.74) is 0.883. The van der Waals surface area contributed by atoms with Gasteiger partial charge in [0.1, 0.15) is 11.5 Å². The van der Waals surface area contributed by atoms with Gasteiger partial charge in [0.05, 0.1) is 39.9 Å². The molecule has 1 saturated heterocycles. The number of likely N-dealkylation sites (tertiary alicyclic amines) is 1. The number of carbonyl (C=O) groups excluding carboxylic acids is 2. The lowest BCUT2D eigenvalue weighted by Gasteiger charge is -2.29.